The lowest BCUT2D eigenvalue weighted by atomic mass is 10.4. The van der Waals surface area contributed by atoms with Crippen LogP contribution in [-0.4, -0.2) is 62.6 Å². The van der Waals surface area contributed by atoms with Crippen molar-refractivity contribution in [1.82, 2.24) is 0 Å². The molecule has 0 amide bonds. The van der Waals surface area contributed by atoms with Crippen LogP contribution in [0.2, 0.25) is 0 Å². The molecule has 5 nitrogen and oxygen atoms in total. The van der Waals surface area contributed by atoms with Crippen molar-refractivity contribution >= 4 is 0 Å². The smallest absolute Gasteiger partial charge is 0.104 e. The second kappa shape index (κ2) is 10.9. The molecule has 1 atom stereocenters. The van der Waals surface area contributed by atoms with Gasteiger partial charge in [-0.1, -0.05) is 0 Å². The molecule has 0 aromatic rings. The maximum atomic E-state index is 8.57. The van der Waals surface area contributed by atoms with Gasteiger partial charge in [0.25, 0.3) is 0 Å². The van der Waals surface area contributed by atoms with Crippen molar-refractivity contribution in [3.8, 4) is 0 Å². The maximum Gasteiger partial charge on any atom is 0.104 e. The first-order chi connectivity index (χ1) is 6.85. The molecule has 0 radical (unpaired) electrons. The Balaban J connectivity index is 3.49. The fraction of sp³-hybridized carbons (Fsp3) is 1.00. The van der Waals surface area contributed by atoms with E-state index in [1.54, 1.807) is 0 Å². The maximum absolute atomic E-state index is 8.57. The molecular formula is C9H20O5. The second-order valence-corrected chi connectivity index (χ2v) is 2.67. The molecule has 0 aromatic heterocycles. The van der Waals surface area contributed by atoms with E-state index in [0.29, 0.717) is 26.4 Å². The van der Waals surface area contributed by atoms with Crippen molar-refractivity contribution in [3.05, 3.63) is 0 Å². The molecule has 0 aliphatic rings. The Bertz CT molecular complexity index is 101. The highest BCUT2D eigenvalue weighted by atomic mass is 16.6. The number of aliphatic hydroxyl groups is 2. The Morgan fingerprint density at radius 2 is 1.64 bits per heavy atom. The molecule has 0 heterocycles. The predicted molar refractivity (Wildman–Crippen MR) is 51.2 cm³/mol. The topological polar surface area (TPSA) is 68.2 Å². The van der Waals surface area contributed by atoms with E-state index in [-0.39, 0.29) is 25.9 Å². The van der Waals surface area contributed by atoms with Crippen LogP contribution in [0.4, 0.5) is 0 Å². The van der Waals surface area contributed by atoms with Gasteiger partial charge >= 0.3 is 0 Å². The quantitative estimate of drug-likeness (QED) is 0.470. The SMILES string of the molecule is CCOCC(COCCO)OCCO. The third-order valence-electron chi connectivity index (χ3n) is 1.49. The van der Waals surface area contributed by atoms with Gasteiger partial charge in [-0.3, -0.25) is 0 Å². The lowest BCUT2D eigenvalue weighted by Gasteiger charge is -2.16. The first-order valence-corrected chi connectivity index (χ1v) is 4.84. The molecule has 86 valence electrons. The Hall–Kier alpha value is -0.200. The van der Waals surface area contributed by atoms with Crippen LogP contribution < -0.4 is 0 Å². The van der Waals surface area contributed by atoms with Gasteiger partial charge in [-0.2, -0.15) is 0 Å². The average Bonchev–Trinajstić information content (AvgIpc) is 2.21. The molecule has 0 saturated carbocycles. The molecule has 0 rings (SSSR count). The van der Waals surface area contributed by atoms with E-state index in [9.17, 15) is 0 Å². The Morgan fingerprint density at radius 1 is 1.00 bits per heavy atom. The van der Waals surface area contributed by atoms with E-state index in [1.807, 2.05) is 6.92 Å². The first kappa shape index (κ1) is 13.8. The van der Waals surface area contributed by atoms with Gasteiger partial charge in [0.15, 0.2) is 0 Å². The lowest BCUT2D eigenvalue weighted by Crippen LogP contribution is -2.27. The molecule has 0 spiro atoms. The van der Waals surface area contributed by atoms with Crippen molar-refractivity contribution < 1.29 is 24.4 Å². The largest absolute Gasteiger partial charge is 0.394 e. The van der Waals surface area contributed by atoms with Crippen molar-refractivity contribution in [2.45, 2.75) is 13.0 Å². The monoisotopic (exact) mass is 208 g/mol. The van der Waals surface area contributed by atoms with Crippen molar-refractivity contribution in [3.63, 3.8) is 0 Å². The van der Waals surface area contributed by atoms with Crippen molar-refractivity contribution in [2.24, 2.45) is 0 Å². The van der Waals surface area contributed by atoms with Gasteiger partial charge in [-0.15, -0.1) is 0 Å². The van der Waals surface area contributed by atoms with Crippen LogP contribution in [-0.2, 0) is 14.2 Å². The molecule has 0 bridgehead atoms. The Kier molecular flexibility index (Phi) is 10.7. The van der Waals surface area contributed by atoms with Crippen molar-refractivity contribution in [2.75, 3.05) is 46.2 Å². The fourth-order valence-electron chi connectivity index (χ4n) is 0.892. The highest BCUT2D eigenvalue weighted by Crippen LogP contribution is 1.95. The molecular weight excluding hydrogens is 188 g/mol. The minimum Gasteiger partial charge on any atom is -0.394 e. The Morgan fingerprint density at radius 3 is 2.21 bits per heavy atom. The van der Waals surface area contributed by atoms with Crippen LogP contribution in [0.1, 0.15) is 6.92 Å². The molecule has 0 aliphatic carbocycles. The Labute approximate surface area is 84.6 Å². The third-order valence-corrected chi connectivity index (χ3v) is 1.49. The summed E-state index contributed by atoms with van der Waals surface area (Å²) in [7, 11) is 0. The predicted octanol–water partition coefficient (Wildman–Crippen LogP) is -0.591. The third kappa shape index (κ3) is 8.40. The van der Waals surface area contributed by atoms with Gasteiger partial charge in [0.2, 0.25) is 0 Å². The van der Waals surface area contributed by atoms with Crippen molar-refractivity contribution in [1.29, 1.82) is 0 Å². The average molecular weight is 208 g/mol. The molecule has 0 saturated heterocycles. The van der Waals surface area contributed by atoms with Crippen LogP contribution in [0.3, 0.4) is 0 Å². The summed E-state index contributed by atoms with van der Waals surface area (Å²) in [5, 5.41) is 17.1. The van der Waals surface area contributed by atoms with Gasteiger partial charge < -0.3 is 24.4 Å². The lowest BCUT2D eigenvalue weighted by molar-refractivity contribution is -0.0687. The van der Waals surface area contributed by atoms with Crippen LogP contribution >= 0.6 is 0 Å². The molecule has 14 heavy (non-hydrogen) atoms. The summed E-state index contributed by atoms with van der Waals surface area (Å²) in [6.45, 7) is 3.91. The first-order valence-electron chi connectivity index (χ1n) is 4.84. The number of ether oxygens (including phenoxy) is 3. The molecule has 2 N–H and O–H groups in total. The normalized spacial score (nSPS) is 13.1. The van der Waals surface area contributed by atoms with Crippen LogP contribution in [0.15, 0.2) is 0 Å². The summed E-state index contributed by atoms with van der Waals surface area (Å²) in [5.41, 5.74) is 0. The molecule has 1 unspecified atom stereocenters. The van der Waals surface area contributed by atoms with Gasteiger partial charge in [0.1, 0.15) is 6.10 Å². The number of aliphatic hydroxyl groups excluding tert-OH is 2. The minimum absolute atomic E-state index is 0.00134. The second-order valence-electron chi connectivity index (χ2n) is 2.67. The number of rotatable bonds is 10. The summed E-state index contributed by atoms with van der Waals surface area (Å²) in [6.07, 6.45) is -0.173. The zero-order chi connectivity index (χ0) is 10.6. The summed E-state index contributed by atoms with van der Waals surface area (Å²) < 4.78 is 15.5. The molecule has 0 aliphatic heterocycles. The van der Waals surface area contributed by atoms with Gasteiger partial charge in [0.05, 0.1) is 39.6 Å². The van der Waals surface area contributed by atoms with E-state index < -0.39 is 0 Å². The van der Waals surface area contributed by atoms with E-state index >= 15 is 0 Å². The number of hydrogen-bond donors (Lipinski definition) is 2. The van der Waals surface area contributed by atoms with Crippen LogP contribution in [0.25, 0.3) is 0 Å². The molecule has 0 fully saturated rings. The highest BCUT2D eigenvalue weighted by molar-refractivity contribution is 4.55. The minimum atomic E-state index is -0.173. The van der Waals surface area contributed by atoms with E-state index in [2.05, 4.69) is 0 Å². The van der Waals surface area contributed by atoms with Gasteiger partial charge in [-0.25, -0.2) is 0 Å². The van der Waals surface area contributed by atoms with Crippen LogP contribution in [0.5, 0.6) is 0 Å². The van der Waals surface area contributed by atoms with Gasteiger partial charge in [-0.05, 0) is 6.92 Å². The zero-order valence-electron chi connectivity index (χ0n) is 8.65. The fourth-order valence-corrected chi connectivity index (χ4v) is 0.892. The zero-order valence-corrected chi connectivity index (χ0v) is 8.65. The highest BCUT2D eigenvalue weighted by Gasteiger charge is 2.08. The number of hydrogen-bond acceptors (Lipinski definition) is 5. The van der Waals surface area contributed by atoms with E-state index in [1.165, 1.54) is 0 Å². The van der Waals surface area contributed by atoms with Crippen LogP contribution in [0, 0.1) is 0 Å². The summed E-state index contributed by atoms with van der Waals surface area (Å²) in [6, 6.07) is 0. The summed E-state index contributed by atoms with van der Waals surface area (Å²) in [4.78, 5) is 0. The molecule has 5 heteroatoms. The van der Waals surface area contributed by atoms with E-state index in [4.69, 9.17) is 24.4 Å². The summed E-state index contributed by atoms with van der Waals surface area (Å²) in [5.74, 6) is 0. The van der Waals surface area contributed by atoms with Gasteiger partial charge in [0, 0.05) is 6.61 Å². The standard InChI is InChI=1S/C9H20O5/c1-2-12-7-9(14-6-4-11)8-13-5-3-10/h9-11H,2-8H2,1H3. The van der Waals surface area contributed by atoms with E-state index in [0.717, 1.165) is 0 Å². The summed E-state index contributed by atoms with van der Waals surface area (Å²) >= 11 is 0. The molecule has 0 aromatic carbocycles.